The molecule has 1 saturated heterocycles. The molecule has 1 heterocycles. The zero-order valence-electron chi connectivity index (χ0n) is 11.0. The van der Waals surface area contributed by atoms with Crippen LogP contribution in [0.4, 0.5) is 0 Å². The van der Waals surface area contributed by atoms with Gasteiger partial charge in [-0.2, -0.15) is 11.8 Å². The molecule has 3 nitrogen and oxygen atoms in total. The number of carbonyl (C=O) groups is 1. The molecule has 5 heteroatoms. The van der Waals surface area contributed by atoms with Crippen molar-refractivity contribution >= 4 is 30.1 Å². The van der Waals surface area contributed by atoms with Crippen molar-refractivity contribution in [2.75, 3.05) is 24.6 Å². The fraction of sp³-hybridized carbons (Fsp3) is 0.500. The normalized spacial score (nSPS) is 17.2. The number of nitrogens with two attached hydrogens (primary N) is 1. The Morgan fingerprint density at radius 1 is 1.26 bits per heavy atom. The molecule has 1 atom stereocenters. The van der Waals surface area contributed by atoms with Gasteiger partial charge in [-0.25, -0.2) is 0 Å². The van der Waals surface area contributed by atoms with Crippen LogP contribution in [-0.4, -0.2) is 41.4 Å². The molecule has 0 bridgehead atoms. The first kappa shape index (κ1) is 16.3. The molecular formula is C14H21ClN2OS. The minimum Gasteiger partial charge on any atom is -0.340 e. The quantitative estimate of drug-likeness (QED) is 0.928. The van der Waals surface area contributed by atoms with Crippen LogP contribution in [0.3, 0.4) is 0 Å². The summed E-state index contributed by atoms with van der Waals surface area (Å²) in [7, 11) is 0. The lowest BCUT2D eigenvalue weighted by Gasteiger charge is -2.23. The molecule has 0 aliphatic carbocycles. The van der Waals surface area contributed by atoms with Crippen molar-refractivity contribution in [3.63, 3.8) is 0 Å². The van der Waals surface area contributed by atoms with Gasteiger partial charge in [0.25, 0.3) is 0 Å². The summed E-state index contributed by atoms with van der Waals surface area (Å²) in [6, 6.07) is 9.57. The van der Waals surface area contributed by atoms with E-state index in [0.29, 0.717) is 6.42 Å². The van der Waals surface area contributed by atoms with E-state index in [9.17, 15) is 4.79 Å². The Morgan fingerprint density at radius 2 is 2.00 bits per heavy atom. The van der Waals surface area contributed by atoms with Crippen molar-refractivity contribution in [3.05, 3.63) is 35.9 Å². The van der Waals surface area contributed by atoms with Gasteiger partial charge in [0, 0.05) is 18.8 Å². The van der Waals surface area contributed by atoms with Gasteiger partial charge in [-0.1, -0.05) is 30.3 Å². The van der Waals surface area contributed by atoms with Crippen LogP contribution in [-0.2, 0) is 11.2 Å². The standard InChI is InChI=1S/C14H20N2OS.ClH/c15-13(11-12-5-2-1-3-6-12)14(17)16-7-4-9-18-10-8-16;/h1-3,5-6,13H,4,7-11,15H2;1H/t13-;/m0./s1. The lowest BCUT2D eigenvalue weighted by molar-refractivity contribution is -0.132. The summed E-state index contributed by atoms with van der Waals surface area (Å²) in [5.74, 6) is 2.28. The molecular weight excluding hydrogens is 280 g/mol. The Balaban J connectivity index is 0.00000180. The summed E-state index contributed by atoms with van der Waals surface area (Å²) in [6.45, 7) is 1.69. The number of carbonyl (C=O) groups excluding carboxylic acids is 1. The van der Waals surface area contributed by atoms with Crippen LogP contribution in [0.5, 0.6) is 0 Å². The molecule has 1 aliphatic heterocycles. The number of hydrogen-bond acceptors (Lipinski definition) is 3. The summed E-state index contributed by atoms with van der Waals surface area (Å²) >= 11 is 1.92. The van der Waals surface area contributed by atoms with E-state index in [1.165, 1.54) is 0 Å². The summed E-state index contributed by atoms with van der Waals surface area (Å²) < 4.78 is 0. The average molecular weight is 301 g/mol. The van der Waals surface area contributed by atoms with Gasteiger partial charge in [-0.15, -0.1) is 12.4 Å². The monoisotopic (exact) mass is 300 g/mol. The molecule has 0 unspecified atom stereocenters. The number of halogens is 1. The van der Waals surface area contributed by atoms with Crippen LogP contribution in [0, 0.1) is 0 Å². The third kappa shape index (κ3) is 5.05. The molecule has 2 N–H and O–H groups in total. The maximum absolute atomic E-state index is 12.2. The zero-order chi connectivity index (χ0) is 12.8. The van der Waals surface area contributed by atoms with Crippen molar-refractivity contribution in [1.29, 1.82) is 0 Å². The molecule has 1 fully saturated rings. The van der Waals surface area contributed by atoms with Gasteiger partial charge in [0.05, 0.1) is 6.04 Å². The average Bonchev–Trinajstić information content (AvgIpc) is 2.68. The van der Waals surface area contributed by atoms with Gasteiger partial charge in [-0.3, -0.25) is 4.79 Å². The summed E-state index contributed by atoms with van der Waals surface area (Å²) in [5.41, 5.74) is 7.16. The number of nitrogens with zero attached hydrogens (tertiary/aromatic N) is 1. The minimum absolute atomic E-state index is 0. The first-order valence-corrected chi connectivity index (χ1v) is 7.59. The maximum Gasteiger partial charge on any atom is 0.239 e. The molecule has 0 radical (unpaired) electrons. The third-order valence-corrected chi connectivity index (χ3v) is 4.20. The van der Waals surface area contributed by atoms with E-state index < -0.39 is 6.04 Å². The highest BCUT2D eigenvalue weighted by Crippen LogP contribution is 2.12. The van der Waals surface area contributed by atoms with Crippen molar-refractivity contribution in [2.24, 2.45) is 5.73 Å². The van der Waals surface area contributed by atoms with Crippen molar-refractivity contribution in [3.8, 4) is 0 Å². The number of amides is 1. The lowest BCUT2D eigenvalue weighted by Crippen LogP contribution is -2.45. The van der Waals surface area contributed by atoms with Gasteiger partial charge in [0.1, 0.15) is 0 Å². The first-order chi connectivity index (χ1) is 8.77. The summed E-state index contributed by atoms with van der Waals surface area (Å²) in [4.78, 5) is 14.2. The second kappa shape index (κ2) is 8.46. The maximum atomic E-state index is 12.2. The largest absolute Gasteiger partial charge is 0.340 e. The van der Waals surface area contributed by atoms with Crippen molar-refractivity contribution in [1.82, 2.24) is 4.90 Å². The molecule has 0 spiro atoms. The van der Waals surface area contributed by atoms with Crippen LogP contribution < -0.4 is 5.73 Å². The summed E-state index contributed by atoms with van der Waals surface area (Å²) in [5, 5.41) is 0. The van der Waals surface area contributed by atoms with Gasteiger partial charge < -0.3 is 10.6 Å². The molecule has 1 aromatic rings. The highest BCUT2D eigenvalue weighted by molar-refractivity contribution is 7.99. The van der Waals surface area contributed by atoms with E-state index in [2.05, 4.69) is 0 Å². The Kier molecular flexibility index (Phi) is 7.28. The fourth-order valence-electron chi connectivity index (χ4n) is 2.16. The highest BCUT2D eigenvalue weighted by atomic mass is 35.5. The zero-order valence-corrected chi connectivity index (χ0v) is 12.6. The molecule has 1 amide bonds. The smallest absolute Gasteiger partial charge is 0.239 e. The van der Waals surface area contributed by atoms with Crippen LogP contribution >= 0.6 is 24.2 Å². The predicted molar refractivity (Wildman–Crippen MR) is 83.9 cm³/mol. The number of rotatable bonds is 3. The summed E-state index contributed by atoms with van der Waals surface area (Å²) in [6.07, 6.45) is 1.71. The Labute approximate surface area is 125 Å². The number of hydrogen-bond donors (Lipinski definition) is 1. The van der Waals surface area contributed by atoms with Gasteiger partial charge in [-0.05, 0) is 24.2 Å². The molecule has 2 rings (SSSR count). The van der Waals surface area contributed by atoms with Gasteiger partial charge in [0.15, 0.2) is 0 Å². The molecule has 0 saturated carbocycles. The third-order valence-electron chi connectivity index (χ3n) is 3.15. The number of benzene rings is 1. The molecule has 106 valence electrons. The Bertz CT molecular complexity index is 380. The topological polar surface area (TPSA) is 46.3 Å². The molecule has 1 aromatic carbocycles. The van der Waals surface area contributed by atoms with Crippen LogP contribution in [0.2, 0.25) is 0 Å². The van der Waals surface area contributed by atoms with Crippen molar-refractivity contribution < 1.29 is 4.79 Å². The van der Waals surface area contributed by atoms with E-state index >= 15 is 0 Å². The van der Waals surface area contributed by atoms with Gasteiger partial charge in [0.2, 0.25) is 5.91 Å². The Morgan fingerprint density at radius 3 is 2.74 bits per heavy atom. The Hall–Kier alpha value is -0.710. The molecule has 1 aliphatic rings. The predicted octanol–water partition coefficient (Wildman–Crippen LogP) is 1.94. The highest BCUT2D eigenvalue weighted by Gasteiger charge is 2.21. The SMILES string of the molecule is Cl.N[C@@H](Cc1ccccc1)C(=O)N1CCCSCC1. The lowest BCUT2D eigenvalue weighted by atomic mass is 10.1. The first-order valence-electron chi connectivity index (χ1n) is 6.43. The van der Waals surface area contributed by atoms with E-state index in [-0.39, 0.29) is 18.3 Å². The van der Waals surface area contributed by atoms with Crippen LogP contribution in [0.1, 0.15) is 12.0 Å². The van der Waals surface area contributed by atoms with E-state index in [4.69, 9.17) is 5.73 Å². The van der Waals surface area contributed by atoms with E-state index in [1.807, 2.05) is 47.0 Å². The van der Waals surface area contributed by atoms with Crippen molar-refractivity contribution in [2.45, 2.75) is 18.9 Å². The minimum atomic E-state index is -0.407. The second-order valence-electron chi connectivity index (χ2n) is 4.59. The van der Waals surface area contributed by atoms with E-state index in [1.54, 1.807) is 0 Å². The number of thioether (sulfide) groups is 1. The van der Waals surface area contributed by atoms with Crippen LogP contribution in [0.25, 0.3) is 0 Å². The van der Waals surface area contributed by atoms with Crippen LogP contribution in [0.15, 0.2) is 30.3 Å². The van der Waals surface area contributed by atoms with Gasteiger partial charge >= 0.3 is 0 Å². The second-order valence-corrected chi connectivity index (χ2v) is 5.81. The molecule has 19 heavy (non-hydrogen) atoms. The molecule has 0 aromatic heterocycles. The van der Waals surface area contributed by atoms with E-state index in [0.717, 1.165) is 36.6 Å². The fourth-order valence-corrected chi connectivity index (χ4v) is 3.04.